The fourth-order valence-corrected chi connectivity index (χ4v) is 4.48. The van der Waals surface area contributed by atoms with Crippen molar-refractivity contribution in [2.75, 3.05) is 25.4 Å². The number of rotatable bonds is 4. The normalized spacial score (nSPS) is 20.1. The predicted octanol–water partition coefficient (Wildman–Crippen LogP) is 1.34. The van der Waals surface area contributed by atoms with E-state index in [1.165, 1.54) is 4.31 Å². The molecule has 2 aliphatic rings. The van der Waals surface area contributed by atoms with Gasteiger partial charge in [-0.15, -0.1) is 0 Å². The molecule has 3 rings (SSSR count). The van der Waals surface area contributed by atoms with Crippen LogP contribution in [-0.4, -0.2) is 54.8 Å². The smallest absolute Gasteiger partial charge is 0.261 e. The average molecular weight is 336 g/mol. The molecule has 1 aromatic carbocycles. The van der Waals surface area contributed by atoms with Crippen LogP contribution in [0.1, 0.15) is 40.5 Å². The number of imide groups is 1. The van der Waals surface area contributed by atoms with E-state index in [-0.39, 0.29) is 12.3 Å². The summed E-state index contributed by atoms with van der Waals surface area (Å²) in [7, 11) is -3.44. The van der Waals surface area contributed by atoms with E-state index in [9.17, 15) is 18.0 Å². The molecule has 2 amide bonds. The standard InChI is InChI=1S/C16H20N2O4S/c1-12-6-8-17(9-7-12)23(21,22)11-10-18-15(19)13-4-2-3-5-14(13)16(18)20/h2-5,12H,6-11H2,1H3. The minimum atomic E-state index is -3.44. The van der Waals surface area contributed by atoms with Crippen molar-refractivity contribution in [2.24, 2.45) is 5.92 Å². The fraction of sp³-hybridized carbons (Fsp3) is 0.500. The van der Waals surface area contributed by atoms with E-state index in [2.05, 4.69) is 6.92 Å². The summed E-state index contributed by atoms with van der Waals surface area (Å²) in [5.74, 6) is -0.494. The van der Waals surface area contributed by atoms with Crippen molar-refractivity contribution in [1.29, 1.82) is 0 Å². The maximum absolute atomic E-state index is 12.4. The van der Waals surface area contributed by atoms with Crippen LogP contribution in [0.3, 0.4) is 0 Å². The molecule has 0 aliphatic carbocycles. The van der Waals surface area contributed by atoms with Crippen molar-refractivity contribution in [3.63, 3.8) is 0 Å². The molecule has 0 unspecified atom stereocenters. The van der Waals surface area contributed by atoms with Crippen LogP contribution >= 0.6 is 0 Å². The van der Waals surface area contributed by atoms with E-state index < -0.39 is 21.8 Å². The van der Waals surface area contributed by atoms with Crippen LogP contribution in [-0.2, 0) is 10.0 Å². The Morgan fingerprint density at radius 1 is 1.04 bits per heavy atom. The number of fused-ring (bicyclic) bond motifs is 1. The van der Waals surface area contributed by atoms with Crippen LogP contribution in [0.5, 0.6) is 0 Å². The lowest BCUT2D eigenvalue weighted by Gasteiger charge is -2.29. The first-order valence-corrected chi connectivity index (χ1v) is 9.44. The highest BCUT2D eigenvalue weighted by atomic mass is 32.2. The summed E-state index contributed by atoms with van der Waals surface area (Å²) in [6.07, 6.45) is 1.71. The number of nitrogens with zero attached hydrogens (tertiary/aromatic N) is 2. The van der Waals surface area contributed by atoms with Gasteiger partial charge in [0.2, 0.25) is 10.0 Å². The van der Waals surface area contributed by atoms with Crippen molar-refractivity contribution in [2.45, 2.75) is 19.8 Å². The Kier molecular flexibility index (Phi) is 4.25. The van der Waals surface area contributed by atoms with Crippen LogP contribution in [0, 0.1) is 5.92 Å². The van der Waals surface area contributed by atoms with Gasteiger partial charge in [-0.2, -0.15) is 0 Å². The van der Waals surface area contributed by atoms with Crippen LogP contribution in [0.25, 0.3) is 0 Å². The van der Waals surface area contributed by atoms with Gasteiger partial charge in [-0.1, -0.05) is 19.1 Å². The Morgan fingerprint density at radius 3 is 2.09 bits per heavy atom. The molecule has 0 aromatic heterocycles. The highest BCUT2D eigenvalue weighted by Crippen LogP contribution is 2.23. The Morgan fingerprint density at radius 2 is 1.57 bits per heavy atom. The predicted molar refractivity (Wildman–Crippen MR) is 85.6 cm³/mol. The summed E-state index contributed by atoms with van der Waals surface area (Å²) >= 11 is 0. The third-order valence-corrected chi connectivity index (χ3v) is 6.44. The van der Waals surface area contributed by atoms with E-state index >= 15 is 0 Å². The largest absolute Gasteiger partial charge is 0.273 e. The molecule has 0 saturated carbocycles. The van der Waals surface area contributed by atoms with Crippen molar-refractivity contribution >= 4 is 21.8 Å². The van der Waals surface area contributed by atoms with Crippen molar-refractivity contribution in [3.05, 3.63) is 35.4 Å². The van der Waals surface area contributed by atoms with E-state index in [1.807, 2.05) is 0 Å². The molecule has 1 aromatic rings. The number of hydrogen-bond acceptors (Lipinski definition) is 4. The third-order valence-electron chi connectivity index (χ3n) is 4.59. The van der Waals surface area contributed by atoms with Crippen molar-refractivity contribution < 1.29 is 18.0 Å². The Hall–Kier alpha value is -1.73. The fourth-order valence-electron chi connectivity index (χ4n) is 3.04. The second-order valence-electron chi connectivity index (χ2n) is 6.21. The topological polar surface area (TPSA) is 74.8 Å². The van der Waals surface area contributed by atoms with Gasteiger partial charge in [0.1, 0.15) is 0 Å². The highest BCUT2D eigenvalue weighted by Gasteiger charge is 2.36. The van der Waals surface area contributed by atoms with Gasteiger partial charge in [0.25, 0.3) is 11.8 Å². The lowest BCUT2D eigenvalue weighted by molar-refractivity contribution is 0.0663. The van der Waals surface area contributed by atoms with Crippen molar-refractivity contribution in [1.82, 2.24) is 9.21 Å². The number of carbonyl (C=O) groups is 2. The number of carbonyl (C=O) groups excluding carboxylic acids is 2. The molecule has 1 saturated heterocycles. The van der Waals surface area contributed by atoms with Crippen LogP contribution < -0.4 is 0 Å². The molecule has 2 aliphatic heterocycles. The van der Waals surface area contributed by atoms with Crippen LogP contribution in [0.15, 0.2) is 24.3 Å². The number of hydrogen-bond donors (Lipinski definition) is 0. The Labute approximate surface area is 136 Å². The van der Waals surface area contributed by atoms with E-state index in [0.717, 1.165) is 17.7 Å². The van der Waals surface area contributed by atoms with E-state index in [0.29, 0.717) is 30.1 Å². The lowest BCUT2D eigenvalue weighted by atomic mass is 10.0. The molecule has 0 radical (unpaired) electrons. The van der Waals surface area contributed by atoms with Gasteiger partial charge in [0.05, 0.1) is 16.9 Å². The van der Waals surface area contributed by atoms with Crippen molar-refractivity contribution in [3.8, 4) is 0 Å². The molecule has 0 bridgehead atoms. The first kappa shape index (κ1) is 16.1. The Balaban J connectivity index is 1.67. The third kappa shape index (κ3) is 3.03. The summed E-state index contributed by atoms with van der Waals surface area (Å²) in [5, 5.41) is 0. The summed E-state index contributed by atoms with van der Waals surface area (Å²) in [6.45, 7) is 3.06. The van der Waals surface area contributed by atoms with Gasteiger partial charge < -0.3 is 0 Å². The van der Waals surface area contributed by atoms with Gasteiger partial charge >= 0.3 is 0 Å². The van der Waals surface area contributed by atoms with Gasteiger partial charge in [0, 0.05) is 19.6 Å². The van der Waals surface area contributed by atoms with Gasteiger partial charge in [-0.05, 0) is 30.9 Å². The molecule has 0 N–H and O–H groups in total. The zero-order chi connectivity index (χ0) is 16.6. The molecule has 23 heavy (non-hydrogen) atoms. The van der Waals surface area contributed by atoms with E-state index in [1.54, 1.807) is 24.3 Å². The number of benzene rings is 1. The highest BCUT2D eigenvalue weighted by molar-refractivity contribution is 7.89. The molecule has 6 nitrogen and oxygen atoms in total. The van der Waals surface area contributed by atoms with Crippen LogP contribution in [0.4, 0.5) is 0 Å². The maximum atomic E-state index is 12.4. The zero-order valence-corrected chi connectivity index (χ0v) is 13.9. The minimum Gasteiger partial charge on any atom is -0.273 e. The lowest BCUT2D eigenvalue weighted by Crippen LogP contribution is -2.42. The quantitative estimate of drug-likeness (QED) is 0.778. The molecule has 0 spiro atoms. The molecular formula is C16H20N2O4S. The van der Waals surface area contributed by atoms with E-state index in [4.69, 9.17) is 0 Å². The second kappa shape index (κ2) is 6.05. The summed E-state index contributed by atoms with van der Waals surface area (Å²) in [5.41, 5.74) is 0.698. The monoisotopic (exact) mass is 336 g/mol. The average Bonchev–Trinajstić information content (AvgIpc) is 2.78. The zero-order valence-electron chi connectivity index (χ0n) is 13.1. The molecule has 0 atom stereocenters. The molecule has 1 fully saturated rings. The molecule has 7 heteroatoms. The molecule has 124 valence electrons. The minimum absolute atomic E-state index is 0.0965. The molecular weight excluding hydrogens is 316 g/mol. The van der Waals surface area contributed by atoms with Gasteiger partial charge in [0.15, 0.2) is 0 Å². The van der Waals surface area contributed by atoms with Gasteiger partial charge in [-0.25, -0.2) is 12.7 Å². The summed E-state index contributed by atoms with van der Waals surface area (Å²) < 4.78 is 26.3. The maximum Gasteiger partial charge on any atom is 0.261 e. The summed E-state index contributed by atoms with van der Waals surface area (Å²) in [6, 6.07) is 6.57. The SMILES string of the molecule is CC1CCN(S(=O)(=O)CCN2C(=O)c3ccccc3C2=O)CC1. The first-order chi connectivity index (χ1) is 10.9. The molecule has 2 heterocycles. The first-order valence-electron chi connectivity index (χ1n) is 7.83. The van der Waals surface area contributed by atoms with Gasteiger partial charge in [-0.3, -0.25) is 14.5 Å². The number of sulfonamides is 1. The number of piperidine rings is 1. The summed E-state index contributed by atoms with van der Waals surface area (Å²) in [4.78, 5) is 25.5. The Bertz CT molecular complexity index is 701. The second-order valence-corrected chi connectivity index (χ2v) is 8.29. The van der Waals surface area contributed by atoms with Crippen LogP contribution in [0.2, 0.25) is 0 Å². The number of amides is 2.